The molecular formula is C29H32N2O3. The van der Waals surface area contributed by atoms with Crippen molar-refractivity contribution in [1.82, 2.24) is 9.88 Å². The SMILES string of the molecule is CCn1cc([C@H](CC(=O)NCCc2ccccc2)c2cc(OC)cc(OC)c2)c2ccccc21. The highest BCUT2D eigenvalue weighted by molar-refractivity contribution is 5.86. The van der Waals surface area contributed by atoms with Crippen LogP contribution in [0.1, 0.15) is 36.0 Å². The van der Waals surface area contributed by atoms with Crippen molar-refractivity contribution in [3.63, 3.8) is 0 Å². The van der Waals surface area contributed by atoms with Gasteiger partial charge in [0.2, 0.25) is 5.91 Å². The van der Waals surface area contributed by atoms with Gasteiger partial charge < -0.3 is 19.4 Å². The van der Waals surface area contributed by atoms with E-state index in [1.54, 1.807) is 14.2 Å². The van der Waals surface area contributed by atoms with Crippen LogP contribution in [0.15, 0.2) is 79.0 Å². The molecule has 1 atom stereocenters. The lowest BCUT2D eigenvalue weighted by atomic mass is 9.87. The minimum absolute atomic E-state index is 0.0241. The van der Waals surface area contributed by atoms with E-state index in [2.05, 4.69) is 59.4 Å². The zero-order chi connectivity index (χ0) is 23.9. The quantitative estimate of drug-likeness (QED) is 0.340. The van der Waals surface area contributed by atoms with Gasteiger partial charge in [-0.3, -0.25) is 4.79 Å². The van der Waals surface area contributed by atoms with Crippen LogP contribution in [-0.4, -0.2) is 31.2 Å². The molecule has 3 aromatic carbocycles. The number of carbonyl (C=O) groups is 1. The van der Waals surface area contributed by atoms with Gasteiger partial charge in [-0.15, -0.1) is 0 Å². The molecule has 4 rings (SSSR count). The van der Waals surface area contributed by atoms with Gasteiger partial charge in [0.25, 0.3) is 0 Å². The highest BCUT2D eigenvalue weighted by Crippen LogP contribution is 2.37. The minimum atomic E-state index is -0.140. The smallest absolute Gasteiger partial charge is 0.220 e. The molecule has 0 aliphatic heterocycles. The lowest BCUT2D eigenvalue weighted by molar-refractivity contribution is -0.121. The third kappa shape index (κ3) is 5.25. The molecule has 1 amide bonds. The summed E-state index contributed by atoms with van der Waals surface area (Å²) in [4.78, 5) is 13.1. The molecular weight excluding hydrogens is 424 g/mol. The molecule has 0 spiro atoms. The van der Waals surface area contributed by atoms with Gasteiger partial charge >= 0.3 is 0 Å². The van der Waals surface area contributed by atoms with E-state index in [-0.39, 0.29) is 11.8 Å². The van der Waals surface area contributed by atoms with Gasteiger partial charge in [-0.25, -0.2) is 0 Å². The van der Waals surface area contributed by atoms with Crippen molar-refractivity contribution in [3.8, 4) is 11.5 Å². The van der Waals surface area contributed by atoms with Gasteiger partial charge in [0.05, 0.1) is 14.2 Å². The summed E-state index contributed by atoms with van der Waals surface area (Å²) in [5.74, 6) is 1.31. The number of aryl methyl sites for hydroxylation is 1. The monoisotopic (exact) mass is 456 g/mol. The summed E-state index contributed by atoms with van der Waals surface area (Å²) in [7, 11) is 3.29. The number of ether oxygens (including phenoxy) is 2. The maximum atomic E-state index is 13.1. The molecule has 0 saturated heterocycles. The highest BCUT2D eigenvalue weighted by atomic mass is 16.5. The van der Waals surface area contributed by atoms with Crippen molar-refractivity contribution in [1.29, 1.82) is 0 Å². The van der Waals surface area contributed by atoms with E-state index in [4.69, 9.17) is 9.47 Å². The fraction of sp³-hybridized carbons (Fsp3) is 0.276. The van der Waals surface area contributed by atoms with E-state index in [9.17, 15) is 4.79 Å². The number of benzene rings is 3. The van der Waals surface area contributed by atoms with E-state index >= 15 is 0 Å². The number of amides is 1. The normalized spacial score (nSPS) is 11.9. The molecule has 34 heavy (non-hydrogen) atoms. The summed E-state index contributed by atoms with van der Waals surface area (Å²) in [5, 5.41) is 4.28. The van der Waals surface area contributed by atoms with Gasteiger partial charge in [-0.05, 0) is 48.2 Å². The molecule has 0 unspecified atom stereocenters. The van der Waals surface area contributed by atoms with Crippen molar-refractivity contribution in [2.45, 2.75) is 32.2 Å². The maximum absolute atomic E-state index is 13.1. The third-order valence-electron chi connectivity index (χ3n) is 6.28. The maximum Gasteiger partial charge on any atom is 0.220 e. The molecule has 176 valence electrons. The van der Waals surface area contributed by atoms with Crippen molar-refractivity contribution >= 4 is 16.8 Å². The second-order valence-electron chi connectivity index (χ2n) is 8.38. The predicted octanol–water partition coefficient (Wildman–Crippen LogP) is 5.56. The largest absolute Gasteiger partial charge is 0.497 e. The number of nitrogens with one attached hydrogen (secondary N) is 1. The fourth-order valence-corrected chi connectivity index (χ4v) is 4.50. The Hall–Kier alpha value is -3.73. The highest BCUT2D eigenvalue weighted by Gasteiger charge is 2.24. The first-order chi connectivity index (χ1) is 16.6. The van der Waals surface area contributed by atoms with Crippen molar-refractivity contribution in [2.24, 2.45) is 0 Å². The number of carbonyl (C=O) groups excluding carboxylic acids is 1. The zero-order valence-corrected chi connectivity index (χ0v) is 20.1. The lowest BCUT2D eigenvalue weighted by Gasteiger charge is -2.19. The summed E-state index contributed by atoms with van der Waals surface area (Å²) >= 11 is 0. The second kappa shape index (κ2) is 10.9. The first-order valence-corrected chi connectivity index (χ1v) is 11.7. The summed E-state index contributed by atoms with van der Waals surface area (Å²) in [6, 6.07) is 24.4. The van der Waals surface area contributed by atoms with Crippen LogP contribution in [0, 0.1) is 0 Å². The van der Waals surface area contributed by atoms with Crippen LogP contribution >= 0.6 is 0 Å². The molecule has 0 bridgehead atoms. The van der Waals surface area contributed by atoms with Gasteiger partial charge in [-0.2, -0.15) is 0 Å². The third-order valence-corrected chi connectivity index (χ3v) is 6.28. The van der Waals surface area contributed by atoms with Crippen molar-refractivity contribution in [3.05, 3.63) is 95.7 Å². The fourth-order valence-electron chi connectivity index (χ4n) is 4.50. The molecule has 0 fully saturated rings. The first kappa shape index (κ1) is 23.4. The topological polar surface area (TPSA) is 52.5 Å². The number of nitrogens with zero attached hydrogens (tertiary/aromatic N) is 1. The Morgan fingerprint density at radius 1 is 0.941 bits per heavy atom. The van der Waals surface area contributed by atoms with Crippen molar-refractivity contribution in [2.75, 3.05) is 20.8 Å². The van der Waals surface area contributed by atoms with Gasteiger partial charge in [0, 0.05) is 48.6 Å². The predicted molar refractivity (Wildman–Crippen MR) is 137 cm³/mol. The number of fused-ring (bicyclic) bond motifs is 1. The number of methoxy groups -OCH3 is 2. The summed E-state index contributed by atoms with van der Waals surface area (Å²) < 4.78 is 13.3. The Kier molecular flexibility index (Phi) is 7.53. The minimum Gasteiger partial charge on any atom is -0.497 e. The van der Waals surface area contributed by atoms with E-state index in [0.29, 0.717) is 24.5 Å². The molecule has 1 aromatic heterocycles. The standard InChI is InChI=1S/C29H32N2O3/c1-4-31-20-27(25-12-8-9-13-28(25)31)26(22-16-23(33-2)18-24(17-22)34-3)19-29(32)30-15-14-21-10-6-5-7-11-21/h5-13,16-18,20,26H,4,14-15,19H2,1-3H3,(H,30,32)/t26-/m1/s1. The van der Waals surface area contributed by atoms with E-state index in [0.717, 1.165) is 29.5 Å². The van der Waals surface area contributed by atoms with Crippen LogP contribution < -0.4 is 14.8 Å². The molecule has 1 heterocycles. The Bertz CT molecular complexity index is 1220. The number of rotatable bonds is 10. The van der Waals surface area contributed by atoms with E-state index < -0.39 is 0 Å². The molecule has 4 aromatic rings. The number of hydrogen-bond donors (Lipinski definition) is 1. The summed E-state index contributed by atoms with van der Waals surface area (Å²) in [5.41, 5.74) is 4.51. The van der Waals surface area contributed by atoms with Gasteiger partial charge in [0.15, 0.2) is 0 Å². The Morgan fingerprint density at radius 3 is 2.29 bits per heavy atom. The van der Waals surface area contributed by atoms with Gasteiger partial charge in [-0.1, -0.05) is 48.5 Å². The summed E-state index contributed by atoms with van der Waals surface area (Å²) in [6.45, 7) is 3.60. The second-order valence-corrected chi connectivity index (χ2v) is 8.38. The van der Waals surface area contributed by atoms with Crippen LogP contribution in [0.4, 0.5) is 0 Å². The molecule has 0 radical (unpaired) electrons. The lowest BCUT2D eigenvalue weighted by Crippen LogP contribution is -2.27. The molecule has 5 heteroatoms. The van der Waals surface area contributed by atoms with Crippen molar-refractivity contribution < 1.29 is 14.3 Å². The summed E-state index contributed by atoms with van der Waals surface area (Å²) in [6.07, 6.45) is 3.32. The van der Waals surface area contributed by atoms with Crippen LogP contribution in [0.3, 0.4) is 0 Å². The van der Waals surface area contributed by atoms with Crippen LogP contribution in [0.5, 0.6) is 11.5 Å². The molecule has 1 N–H and O–H groups in total. The van der Waals surface area contributed by atoms with E-state index in [1.165, 1.54) is 11.1 Å². The average molecular weight is 457 g/mol. The van der Waals surface area contributed by atoms with E-state index in [1.807, 2.05) is 36.4 Å². The molecule has 5 nitrogen and oxygen atoms in total. The molecule has 0 aliphatic carbocycles. The Labute approximate surface area is 201 Å². The molecule has 0 aliphatic rings. The molecule has 0 saturated carbocycles. The Balaban J connectivity index is 1.66. The Morgan fingerprint density at radius 2 is 1.62 bits per heavy atom. The average Bonchev–Trinajstić information content (AvgIpc) is 3.26. The van der Waals surface area contributed by atoms with Crippen LogP contribution in [-0.2, 0) is 17.8 Å². The first-order valence-electron chi connectivity index (χ1n) is 11.7. The van der Waals surface area contributed by atoms with Crippen LogP contribution in [0.25, 0.3) is 10.9 Å². The number of aromatic nitrogens is 1. The van der Waals surface area contributed by atoms with Crippen LogP contribution in [0.2, 0.25) is 0 Å². The number of hydrogen-bond acceptors (Lipinski definition) is 3. The zero-order valence-electron chi connectivity index (χ0n) is 20.1. The number of para-hydroxylation sites is 1. The van der Waals surface area contributed by atoms with Gasteiger partial charge in [0.1, 0.15) is 11.5 Å².